The van der Waals surface area contributed by atoms with Gasteiger partial charge in [-0.2, -0.15) is 0 Å². The Labute approximate surface area is 171 Å². The zero-order valence-corrected chi connectivity index (χ0v) is 16.6. The molecule has 2 aliphatic heterocycles. The molecule has 3 heterocycles. The normalized spacial score (nSPS) is 16.4. The van der Waals surface area contributed by atoms with Gasteiger partial charge in [0.2, 0.25) is 0 Å². The van der Waals surface area contributed by atoms with E-state index in [9.17, 15) is 19.2 Å². The molecule has 0 bridgehead atoms. The summed E-state index contributed by atoms with van der Waals surface area (Å²) in [5.41, 5.74) is -0.0188. The van der Waals surface area contributed by atoms with Gasteiger partial charge < -0.3 is 19.0 Å². The van der Waals surface area contributed by atoms with Crippen molar-refractivity contribution in [2.75, 3.05) is 13.1 Å². The maximum Gasteiger partial charge on any atom is 0.410 e. The van der Waals surface area contributed by atoms with E-state index in [2.05, 4.69) is 5.16 Å². The highest BCUT2D eigenvalue weighted by Crippen LogP contribution is 2.31. The molecule has 30 heavy (non-hydrogen) atoms. The number of nitrogens with zero attached hydrogens (tertiary/aromatic N) is 3. The highest BCUT2D eigenvalue weighted by atomic mass is 16.7. The van der Waals surface area contributed by atoms with Gasteiger partial charge in [0.25, 0.3) is 11.8 Å². The molecule has 0 atom stereocenters. The zero-order valence-electron chi connectivity index (χ0n) is 16.6. The van der Waals surface area contributed by atoms with E-state index in [0.29, 0.717) is 5.06 Å². The molecule has 0 unspecified atom stereocenters. The van der Waals surface area contributed by atoms with Crippen molar-refractivity contribution in [3.8, 4) is 0 Å². The first-order valence-corrected chi connectivity index (χ1v) is 9.28. The molecule has 4 rings (SSSR count). The van der Waals surface area contributed by atoms with Crippen molar-refractivity contribution >= 4 is 23.9 Å². The summed E-state index contributed by atoms with van der Waals surface area (Å²) in [7, 11) is 0. The predicted molar refractivity (Wildman–Crippen MR) is 99.4 cm³/mol. The summed E-state index contributed by atoms with van der Waals surface area (Å²) in [6, 6.07) is 6.18. The van der Waals surface area contributed by atoms with Gasteiger partial charge in [0, 0.05) is 19.0 Å². The van der Waals surface area contributed by atoms with Crippen molar-refractivity contribution < 1.29 is 33.3 Å². The van der Waals surface area contributed by atoms with Crippen LogP contribution in [0.3, 0.4) is 0 Å². The van der Waals surface area contributed by atoms with Crippen LogP contribution in [0.15, 0.2) is 35.1 Å². The Balaban J connectivity index is 1.42. The quantitative estimate of drug-likeness (QED) is 0.704. The average Bonchev–Trinajstić information content (AvgIpc) is 3.19. The van der Waals surface area contributed by atoms with Gasteiger partial charge in [-0.1, -0.05) is 22.4 Å². The molecule has 0 radical (unpaired) electrons. The molecule has 1 aromatic heterocycles. The average molecular weight is 413 g/mol. The second-order valence-electron chi connectivity index (χ2n) is 8.02. The topological polar surface area (TPSA) is 119 Å². The number of carbonyl (C=O) groups excluding carboxylic acids is 4. The van der Waals surface area contributed by atoms with E-state index in [4.69, 9.17) is 14.1 Å². The third-order valence-corrected chi connectivity index (χ3v) is 4.67. The van der Waals surface area contributed by atoms with Gasteiger partial charge >= 0.3 is 12.1 Å². The van der Waals surface area contributed by atoms with Crippen LogP contribution < -0.4 is 0 Å². The van der Waals surface area contributed by atoms with E-state index in [1.807, 2.05) is 0 Å². The third-order valence-electron chi connectivity index (χ3n) is 4.67. The number of fused-ring (bicyclic) bond motifs is 1. The highest BCUT2D eigenvalue weighted by Gasteiger charge is 2.42. The van der Waals surface area contributed by atoms with Gasteiger partial charge in [0.1, 0.15) is 23.1 Å². The minimum Gasteiger partial charge on any atom is -0.444 e. The number of hydrogen-bond donors (Lipinski definition) is 0. The molecule has 10 heteroatoms. The summed E-state index contributed by atoms with van der Waals surface area (Å²) >= 11 is 0. The molecule has 0 saturated carbocycles. The highest BCUT2D eigenvalue weighted by molar-refractivity contribution is 6.21. The summed E-state index contributed by atoms with van der Waals surface area (Å²) in [4.78, 5) is 55.9. The molecule has 1 aromatic carbocycles. The molecule has 10 nitrogen and oxygen atoms in total. The number of carbonyl (C=O) groups is 4. The minimum atomic E-state index is -0.948. The maximum absolute atomic E-state index is 12.6. The third kappa shape index (κ3) is 3.40. The van der Waals surface area contributed by atoms with Crippen molar-refractivity contribution in [1.82, 2.24) is 15.1 Å². The Morgan fingerprint density at radius 2 is 1.70 bits per heavy atom. The van der Waals surface area contributed by atoms with Crippen LogP contribution >= 0.6 is 0 Å². The minimum absolute atomic E-state index is 0.0135. The summed E-state index contributed by atoms with van der Waals surface area (Å²) in [6.07, 6.45) is 0.629. The first-order chi connectivity index (χ1) is 14.2. The van der Waals surface area contributed by atoms with Gasteiger partial charge in [-0.05, 0) is 32.9 Å². The molecular formula is C20H19N3O7. The zero-order chi connectivity index (χ0) is 21.6. The first-order valence-electron chi connectivity index (χ1n) is 9.28. The van der Waals surface area contributed by atoms with Crippen LogP contribution in [-0.2, 0) is 9.57 Å². The fourth-order valence-electron chi connectivity index (χ4n) is 3.20. The molecule has 0 aliphatic carbocycles. The smallest absolute Gasteiger partial charge is 0.410 e. The van der Waals surface area contributed by atoms with Crippen LogP contribution in [0.4, 0.5) is 4.79 Å². The van der Waals surface area contributed by atoms with E-state index in [1.54, 1.807) is 32.9 Å². The molecule has 1 saturated heterocycles. The Morgan fingerprint density at radius 3 is 2.27 bits per heavy atom. The number of aromatic nitrogens is 1. The standard InChI is InChI=1S/C20H19N3O7/c1-20(2,3)29-19(27)22-8-11(9-22)15-14(10-28-21-15)18(26)30-23-16(24)12-6-4-5-7-13(12)17(23)25/h4-7,10-11H,8-9H2,1-3H3. The summed E-state index contributed by atoms with van der Waals surface area (Å²) in [6.45, 7) is 5.89. The van der Waals surface area contributed by atoms with Gasteiger partial charge in [-0.15, -0.1) is 0 Å². The molecule has 1 fully saturated rings. The number of rotatable bonds is 3. The lowest BCUT2D eigenvalue weighted by Gasteiger charge is -2.38. The monoisotopic (exact) mass is 413 g/mol. The van der Waals surface area contributed by atoms with Crippen LogP contribution in [-0.4, -0.2) is 57.7 Å². The van der Waals surface area contributed by atoms with E-state index >= 15 is 0 Å². The van der Waals surface area contributed by atoms with E-state index in [-0.39, 0.29) is 41.4 Å². The summed E-state index contributed by atoms with van der Waals surface area (Å²) in [5.74, 6) is -2.65. The fraction of sp³-hybridized carbons (Fsp3) is 0.350. The van der Waals surface area contributed by atoms with Gasteiger partial charge in [-0.25, -0.2) is 9.59 Å². The van der Waals surface area contributed by atoms with Crippen molar-refractivity contribution in [2.45, 2.75) is 32.3 Å². The molecule has 0 spiro atoms. The van der Waals surface area contributed by atoms with Crippen molar-refractivity contribution in [3.05, 3.63) is 52.9 Å². The van der Waals surface area contributed by atoms with Gasteiger partial charge in [0.05, 0.1) is 11.1 Å². The largest absolute Gasteiger partial charge is 0.444 e. The first kappa shape index (κ1) is 19.6. The van der Waals surface area contributed by atoms with E-state index < -0.39 is 29.5 Å². The lowest BCUT2D eigenvalue weighted by molar-refractivity contribution is -0.0586. The fourth-order valence-corrected chi connectivity index (χ4v) is 3.20. The predicted octanol–water partition coefficient (Wildman–Crippen LogP) is 2.38. The Kier molecular flexibility index (Phi) is 4.56. The maximum atomic E-state index is 12.6. The van der Waals surface area contributed by atoms with Crippen molar-refractivity contribution in [1.29, 1.82) is 0 Å². The molecule has 156 valence electrons. The number of ether oxygens (including phenoxy) is 1. The van der Waals surface area contributed by atoms with Crippen LogP contribution in [0, 0.1) is 0 Å². The number of imide groups is 1. The molecule has 0 N–H and O–H groups in total. The molecule has 2 aromatic rings. The lowest BCUT2D eigenvalue weighted by Crippen LogP contribution is -2.50. The van der Waals surface area contributed by atoms with Gasteiger partial charge in [0.15, 0.2) is 0 Å². The van der Waals surface area contributed by atoms with Crippen LogP contribution in [0.2, 0.25) is 0 Å². The number of hydrogen-bond acceptors (Lipinski definition) is 8. The molecule has 3 amide bonds. The lowest BCUT2D eigenvalue weighted by atomic mass is 9.94. The molecule has 2 aliphatic rings. The second-order valence-corrected chi connectivity index (χ2v) is 8.02. The van der Waals surface area contributed by atoms with E-state index in [1.165, 1.54) is 17.0 Å². The van der Waals surface area contributed by atoms with Crippen LogP contribution in [0.5, 0.6) is 0 Å². The van der Waals surface area contributed by atoms with E-state index in [0.717, 1.165) is 6.26 Å². The SMILES string of the molecule is CC(C)(C)OC(=O)N1CC(c2nocc2C(=O)ON2C(=O)c3ccccc3C2=O)C1. The van der Waals surface area contributed by atoms with Crippen molar-refractivity contribution in [2.24, 2.45) is 0 Å². The Bertz CT molecular complexity index is 1010. The number of benzene rings is 1. The van der Waals surface area contributed by atoms with Crippen LogP contribution in [0.1, 0.15) is 63.5 Å². The summed E-state index contributed by atoms with van der Waals surface area (Å²) < 4.78 is 10.2. The second kappa shape index (κ2) is 6.97. The Hall–Kier alpha value is -3.69. The number of amides is 3. The number of hydroxylamine groups is 2. The van der Waals surface area contributed by atoms with Gasteiger partial charge in [-0.3, -0.25) is 9.59 Å². The van der Waals surface area contributed by atoms with Crippen molar-refractivity contribution in [3.63, 3.8) is 0 Å². The van der Waals surface area contributed by atoms with Crippen LogP contribution in [0.25, 0.3) is 0 Å². The number of likely N-dealkylation sites (tertiary alicyclic amines) is 1. The Morgan fingerprint density at radius 1 is 1.10 bits per heavy atom. The summed E-state index contributed by atoms with van der Waals surface area (Å²) in [5, 5.41) is 4.26. The molecular weight excluding hydrogens is 394 g/mol.